The van der Waals surface area contributed by atoms with Gasteiger partial charge in [-0.2, -0.15) is 8.42 Å². The van der Waals surface area contributed by atoms with Gasteiger partial charge in [-0.05, 0) is 0 Å². The minimum atomic E-state index is -4.48. The minimum absolute atomic E-state index is 0.271. The van der Waals surface area contributed by atoms with Crippen molar-refractivity contribution in [3.05, 3.63) is 11.6 Å². The van der Waals surface area contributed by atoms with Gasteiger partial charge in [-0.25, -0.2) is 0 Å². The average molecular weight is 125 g/mol. The molecule has 0 atom stereocenters. The summed E-state index contributed by atoms with van der Waals surface area (Å²) in [6, 6.07) is 0. The third-order valence-electron chi connectivity index (χ3n) is 0.241. The fourth-order valence-electron chi connectivity index (χ4n) is 0.0938. The molecule has 0 aromatic rings. The van der Waals surface area contributed by atoms with Crippen LogP contribution in [0, 0.1) is 0 Å². The molecule has 0 saturated carbocycles. The van der Waals surface area contributed by atoms with Crippen LogP contribution < -0.4 is 5.73 Å². The highest BCUT2D eigenvalue weighted by molar-refractivity contribution is 7.89. The van der Waals surface area contributed by atoms with Crippen LogP contribution in [-0.4, -0.2) is 8.42 Å². The van der Waals surface area contributed by atoms with E-state index in [0.29, 0.717) is 6.20 Å². The van der Waals surface area contributed by atoms with Gasteiger partial charge in [0, 0.05) is 6.20 Å². The minimum Gasteiger partial charge on any atom is -0.404 e. The van der Waals surface area contributed by atoms with Crippen molar-refractivity contribution in [1.82, 2.24) is 0 Å². The van der Waals surface area contributed by atoms with Crippen molar-refractivity contribution >= 4 is 10.2 Å². The zero-order valence-corrected chi connectivity index (χ0v) is 4.15. The van der Waals surface area contributed by atoms with E-state index < -0.39 is 10.2 Å². The summed E-state index contributed by atoms with van der Waals surface area (Å²) in [5, 5.41) is 0.271. The van der Waals surface area contributed by atoms with Crippen LogP contribution in [-0.2, 0) is 10.2 Å². The second-order valence-electron chi connectivity index (χ2n) is 0.804. The Morgan fingerprint density at radius 2 is 2.00 bits per heavy atom. The molecule has 0 fully saturated rings. The monoisotopic (exact) mass is 125 g/mol. The zero-order valence-electron chi connectivity index (χ0n) is 3.33. The van der Waals surface area contributed by atoms with Gasteiger partial charge in [0.25, 0.3) is 0 Å². The van der Waals surface area contributed by atoms with E-state index in [1.165, 1.54) is 0 Å². The molecule has 0 bridgehead atoms. The molecule has 0 saturated heterocycles. The van der Waals surface area contributed by atoms with Crippen molar-refractivity contribution in [2.75, 3.05) is 0 Å². The Balaban J connectivity index is 4.13. The first-order chi connectivity index (χ1) is 3.06. The van der Waals surface area contributed by atoms with Crippen LogP contribution in [0.25, 0.3) is 0 Å². The Hall–Kier alpha value is -0.580. The van der Waals surface area contributed by atoms with E-state index in [1.807, 2.05) is 0 Å². The maximum atomic E-state index is 11.2. The van der Waals surface area contributed by atoms with Gasteiger partial charge in [0.05, 0.1) is 5.41 Å². The molecule has 0 unspecified atom stereocenters. The van der Waals surface area contributed by atoms with Crippen molar-refractivity contribution in [1.29, 1.82) is 0 Å². The number of hydrogen-bond donors (Lipinski definition) is 1. The SMILES string of the molecule is N/C=C/S(=O)(=O)F. The predicted molar refractivity (Wildman–Crippen MR) is 23.4 cm³/mol. The van der Waals surface area contributed by atoms with Crippen molar-refractivity contribution in [3.63, 3.8) is 0 Å². The van der Waals surface area contributed by atoms with Gasteiger partial charge in [0.15, 0.2) is 0 Å². The van der Waals surface area contributed by atoms with E-state index in [-0.39, 0.29) is 5.41 Å². The Kier molecular flexibility index (Phi) is 1.76. The topological polar surface area (TPSA) is 60.2 Å². The van der Waals surface area contributed by atoms with Crippen LogP contribution in [0.2, 0.25) is 0 Å². The molecule has 0 radical (unpaired) electrons. The highest BCUT2D eigenvalue weighted by Gasteiger charge is 1.94. The standard InChI is InChI=1S/C2H4FNO2S/c3-7(5,6)2-1-4/h1-2H,4H2/b2-1+. The van der Waals surface area contributed by atoms with E-state index >= 15 is 0 Å². The highest BCUT2D eigenvalue weighted by Crippen LogP contribution is 1.88. The molecule has 3 nitrogen and oxygen atoms in total. The predicted octanol–water partition coefficient (Wildman–Crippen LogP) is -0.284. The fourth-order valence-corrected chi connectivity index (χ4v) is 0.282. The number of nitrogens with two attached hydrogens (primary N) is 1. The van der Waals surface area contributed by atoms with E-state index in [1.54, 1.807) is 0 Å². The molecular formula is C2H4FNO2S. The van der Waals surface area contributed by atoms with Crippen molar-refractivity contribution in [2.24, 2.45) is 5.73 Å². The van der Waals surface area contributed by atoms with Crippen LogP contribution in [0.4, 0.5) is 3.89 Å². The molecule has 5 heteroatoms. The van der Waals surface area contributed by atoms with Crippen LogP contribution in [0.5, 0.6) is 0 Å². The van der Waals surface area contributed by atoms with E-state index in [9.17, 15) is 12.3 Å². The maximum Gasteiger partial charge on any atom is 0.326 e. The van der Waals surface area contributed by atoms with Gasteiger partial charge >= 0.3 is 10.2 Å². The first kappa shape index (κ1) is 6.42. The lowest BCUT2D eigenvalue weighted by atomic mass is 11.1. The average Bonchev–Trinajstić information content (AvgIpc) is 1.30. The largest absolute Gasteiger partial charge is 0.404 e. The molecule has 0 aromatic heterocycles. The van der Waals surface area contributed by atoms with Crippen molar-refractivity contribution in [3.8, 4) is 0 Å². The summed E-state index contributed by atoms with van der Waals surface area (Å²) < 4.78 is 30.0. The van der Waals surface area contributed by atoms with Crippen LogP contribution >= 0.6 is 0 Å². The summed E-state index contributed by atoms with van der Waals surface area (Å²) in [6.45, 7) is 0. The van der Waals surface area contributed by atoms with Gasteiger partial charge in [-0.3, -0.25) is 0 Å². The van der Waals surface area contributed by atoms with Crippen LogP contribution in [0.15, 0.2) is 11.6 Å². The smallest absolute Gasteiger partial charge is 0.326 e. The molecule has 0 aliphatic carbocycles. The Labute approximate surface area is 40.8 Å². The second kappa shape index (κ2) is 1.92. The summed E-state index contributed by atoms with van der Waals surface area (Å²) in [6.07, 6.45) is 0.620. The summed E-state index contributed by atoms with van der Waals surface area (Å²) >= 11 is 0. The van der Waals surface area contributed by atoms with E-state index in [0.717, 1.165) is 0 Å². The fraction of sp³-hybridized carbons (Fsp3) is 0. The van der Waals surface area contributed by atoms with Crippen molar-refractivity contribution in [2.45, 2.75) is 0 Å². The summed E-state index contributed by atoms with van der Waals surface area (Å²) in [5.74, 6) is 0. The molecule has 0 aliphatic heterocycles. The van der Waals surface area contributed by atoms with Gasteiger partial charge in [-0.15, -0.1) is 3.89 Å². The third kappa shape index (κ3) is 5.42. The summed E-state index contributed by atoms with van der Waals surface area (Å²) in [5.41, 5.74) is 4.51. The van der Waals surface area contributed by atoms with Gasteiger partial charge in [0.2, 0.25) is 0 Å². The Morgan fingerprint density at radius 1 is 1.57 bits per heavy atom. The molecule has 42 valence electrons. The first-order valence-corrected chi connectivity index (χ1v) is 2.84. The lowest BCUT2D eigenvalue weighted by Gasteiger charge is -1.72. The number of hydrogen-bond acceptors (Lipinski definition) is 3. The zero-order chi connectivity index (χ0) is 5.91. The van der Waals surface area contributed by atoms with Gasteiger partial charge in [0.1, 0.15) is 0 Å². The summed E-state index contributed by atoms with van der Waals surface area (Å²) in [4.78, 5) is 0. The van der Waals surface area contributed by atoms with Gasteiger partial charge < -0.3 is 5.73 Å². The molecular weight excluding hydrogens is 121 g/mol. The van der Waals surface area contributed by atoms with Gasteiger partial charge in [-0.1, -0.05) is 0 Å². The normalized spacial score (nSPS) is 12.7. The quantitative estimate of drug-likeness (QED) is 0.490. The number of rotatable bonds is 1. The molecule has 0 rings (SSSR count). The number of halogens is 1. The van der Waals surface area contributed by atoms with E-state index in [2.05, 4.69) is 5.73 Å². The molecule has 0 aromatic carbocycles. The molecule has 7 heavy (non-hydrogen) atoms. The van der Waals surface area contributed by atoms with Crippen LogP contribution in [0.3, 0.4) is 0 Å². The molecule has 0 heterocycles. The second-order valence-corrected chi connectivity index (χ2v) is 2.03. The maximum absolute atomic E-state index is 11.2. The molecule has 0 spiro atoms. The van der Waals surface area contributed by atoms with Crippen molar-refractivity contribution < 1.29 is 12.3 Å². The lowest BCUT2D eigenvalue weighted by Crippen LogP contribution is -1.84. The first-order valence-electron chi connectivity index (χ1n) is 1.39. The Morgan fingerprint density at radius 3 is 2.00 bits per heavy atom. The van der Waals surface area contributed by atoms with E-state index in [4.69, 9.17) is 0 Å². The molecule has 0 aliphatic rings. The molecule has 2 N–H and O–H groups in total. The highest BCUT2D eigenvalue weighted by atomic mass is 32.3. The third-order valence-corrected chi connectivity index (χ3v) is 0.723. The summed E-state index contributed by atoms with van der Waals surface area (Å²) in [7, 11) is -4.48. The molecule has 0 amide bonds. The Bertz CT molecular complexity index is 159. The van der Waals surface area contributed by atoms with Crippen LogP contribution in [0.1, 0.15) is 0 Å². The lowest BCUT2D eigenvalue weighted by molar-refractivity contribution is 0.563.